The summed E-state index contributed by atoms with van der Waals surface area (Å²) in [6.45, 7) is 2.25. The Morgan fingerprint density at radius 3 is 2.68 bits per heavy atom. The summed E-state index contributed by atoms with van der Waals surface area (Å²) in [5, 5.41) is 36.0. The molecule has 2 aliphatic heterocycles. The number of aliphatic hydroxyl groups is 3. The van der Waals surface area contributed by atoms with E-state index in [-0.39, 0.29) is 17.8 Å². The van der Waals surface area contributed by atoms with E-state index in [0.29, 0.717) is 30.0 Å². The van der Waals surface area contributed by atoms with Crippen molar-refractivity contribution in [2.45, 2.75) is 80.3 Å². The van der Waals surface area contributed by atoms with Crippen LogP contribution in [-0.2, 0) is 4.74 Å². The maximum Gasteiger partial charge on any atom is 0.197 e. The molecule has 2 spiro atoms. The Bertz CT molecular complexity index is 1410. The van der Waals surface area contributed by atoms with Gasteiger partial charge in [0.05, 0.1) is 11.7 Å². The van der Waals surface area contributed by atoms with E-state index in [9.17, 15) is 15.3 Å². The number of allylic oxidation sites excluding steroid dienone is 3. The van der Waals surface area contributed by atoms with Crippen LogP contribution in [0.3, 0.4) is 0 Å². The summed E-state index contributed by atoms with van der Waals surface area (Å²) < 4.78 is 24.0. The van der Waals surface area contributed by atoms with Crippen LogP contribution in [0.15, 0.2) is 48.2 Å². The molecule has 6 nitrogen and oxygen atoms in total. The summed E-state index contributed by atoms with van der Waals surface area (Å²) >= 11 is 6.31. The molecule has 0 radical (unpaired) electrons. The normalized spacial score (nSPS) is 45.4. The van der Waals surface area contributed by atoms with Crippen molar-refractivity contribution in [2.75, 3.05) is 14.1 Å². The predicted molar refractivity (Wildman–Crippen MR) is 143 cm³/mol. The van der Waals surface area contributed by atoms with Crippen LogP contribution < -0.4 is 0 Å². The molecule has 1 saturated carbocycles. The van der Waals surface area contributed by atoms with Crippen LogP contribution in [0.1, 0.15) is 44.6 Å². The number of hydrogen-bond donors (Lipinski definition) is 3. The molecule has 3 heterocycles. The van der Waals surface area contributed by atoms with Gasteiger partial charge in [0.1, 0.15) is 23.0 Å². The molecule has 9 unspecified atom stereocenters. The first-order chi connectivity index (χ1) is 18.0. The fraction of sp³-hybridized carbons (Fsp3) is 0.567. The molecule has 3 fully saturated rings. The maximum atomic E-state index is 17.0. The topological polar surface area (TPSA) is 86.1 Å². The van der Waals surface area contributed by atoms with Crippen LogP contribution in [0.25, 0.3) is 16.3 Å². The van der Waals surface area contributed by atoms with E-state index < -0.39 is 41.2 Å². The first-order valence-corrected chi connectivity index (χ1v) is 13.9. The number of nitrogens with zero attached hydrogens (tertiary/aromatic N) is 2. The fourth-order valence-corrected chi connectivity index (χ4v) is 9.07. The second-order valence-corrected chi connectivity index (χ2v) is 12.9. The Kier molecular flexibility index (Phi) is 5.20. The van der Waals surface area contributed by atoms with Crippen molar-refractivity contribution in [3.8, 4) is 0 Å². The number of pyridine rings is 1. The Balaban J connectivity index is 1.31. The number of aliphatic hydroxyl groups excluding tert-OH is 3. The number of likely N-dealkylation sites (N-methyl/N-ethyl adjacent to an activating group) is 1. The first-order valence-electron chi connectivity index (χ1n) is 13.5. The lowest BCUT2D eigenvalue weighted by Crippen LogP contribution is -2.78. The number of halogens is 2. The average Bonchev–Trinajstić information content (AvgIpc) is 3.43. The first kappa shape index (κ1) is 25.1. The second-order valence-electron chi connectivity index (χ2n) is 12.6. The second kappa shape index (κ2) is 7.87. The van der Waals surface area contributed by atoms with Gasteiger partial charge in [0, 0.05) is 29.0 Å². The van der Waals surface area contributed by atoms with Gasteiger partial charge in [0.15, 0.2) is 5.67 Å². The van der Waals surface area contributed by atoms with Crippen LogP contribution >= 0.6 is 11.6 Å². The third-order valence-electron chi connectivity index (χ3n) is 10.8. The van der Waals surface area contributed by atoms with E-state index in [2.05, 4.69) is 30.1 Å². The highest BCUT2D eigenvalue weighted by Crippen LogP contribution is 2.70. The SMILES string of the molecule is CN(C)C1CC23CCC4(O2)C(=CCC2(C)C(c5ccc6c(Cl)nccc6c5)=CCC24)C(O)C3(F)C(O)C1O. The quantitative estimate of drug-likeness (QED) is 0.393. The molecule has 2 aromatic rings. The minimum Gasteiger partial charge on any atom is -0.389 e. The van der Waals surface area contributed by atoms with Crippen molar-refractivity contribution in [3.63, 3.8) is 0 Å². The number of benzene rings is 1. The van der Waals surface area contributed by atoms with Gasteiger partial charge < -0.3 is 25.0 Å². The lowest BCUT2D eigenvalue weighted by atomic mass is 9.55. The molecule has 38 heavy (non-hydrogen) atoms. The highest BCUT2D eigenvalue weighted by molar-refractivity contribution is 6.34. The van der Waals surface area contributed by atoms with Crippen molar-refractivity contribution >= 4 is 27.9 Å². The van der Waals surface area contributed by atoms with Crippen molar-refractivity contribution < 1.29 is 24.4 Å². The highest BCUT2D eigenvalue weighted by atomic mass is 35.5. The molecule has 8 heteroatoms. The van der Waals surface area contributed by atoms with Gasteiger partial charge in [-0.25, -0.2) is 9.37 Å². The van der Waals surface area contributed by atoms with Crippen molar-refractivity contribution in [1.29, 1.82) is 0 Å². The molecule has 0 amide bonds. The van der Waals surface area contributed by atoms with Gasteiger partial charge >= 0.3 is 0 Å². The Morgan fingerprint density at radius 2 is 1.92 bits per heavy atom. The standard InChI is InChI=1S/C30H34ClFN2O4/c1-27-10-8-20-24(36)30(32)25(37)23(35)21(34(2)3)15-28(30)11-12-29(20,38-28)22(27)7-6-19(27)17-4-5-18-16(14-17)9-13-33-26(18)31/h4-6,8-9,13-14,21-25,35-37H,7,10-12,15H2,1-3H3. The summed E-state index contributed by atoms with van der Waals surface area (Å²) in [6.07, 6.45) is 3.89. The average molecular weight is 541 g/mol. The third-order valence-corrected chi connectivity index (χ3v) is 11.1. The molecule has 3 aliphatic carbocycles. The summed E-state index contributed by atoms with van der Waals surface area (Å²) in [6, 6.07) is 7.74. The lowest BCUT2D eigenvalue weighted by molar-refractivity contribution is -0.308. The number of alkyl halides is 1. The van der Waals surface area contributed by atoms with E-state index in [4.69, 9.17) is 16.3 Å². The highest BCUT2D eigenvalue weighted by Gasteiger charge is 2.79. The van der Waals surface area contributed by atoms with Gasteiger partial charge in [-0.2, -0.15) is 0 Å². The zero-order valence-corrected chi connectivity index (χ0v) is 22.6. The van der Waals surface area contributed by atoms with Gasteiger partial charge in [-0.05, 0) is 80.4 Å². The number of ether oxygens (including phenoxy) is 1. The zero-order chi connectivity index (χ0) is 26.8. The molecule has 2 saturated heterocycles. The number of rotatable bonds is 2. The summed E-state index contributed by atoms with van der Waals surface area (Å²) in [5.41, 5.74) is -2.05. The molecular formula is C30H34ClFN2O4. The molecule has 2 bridgehead atoms. The Morgan fingerprint density at radius 1 is 1.13 bits per heavy atom. The van der Waals surface area contributed by atoms with E-state index in [0.717, 1.165) is 22.8 Å². The minimum atomic E-state index is -2.47. The van der Waals surface area contributed by atoms with Crippen molar-refractivity contribution in [2.24, 2.45) is 11.3 Å². The van der Waals surface area contributed by atoms with Gasteiger partial charge in [-0.1, -0.05) is 42.8 Å². The minimum absolute atomic E-state index is 0.0158. The van der Waals surface area contributed by atoms with Crippen LogP contribution in [0, 0.1) is 11.3 Å². The van der Waals surface area contributed by atoms with Gasteiger partial charge in [0.2, 0.25) is 0 Å². The van der Waals surface area contributed by atoms with E-state index in [1.165, 1.54) is 5.57 Å². The summed E-state index contributed by atoms with van der Waals surface area (Å²) in [7, 11) is 3.63. The summed E-state index contributed by atoms with van der Waals surface area (Å²) in [5.74, 6) is 0.0158. The van der Waals surface area contributed by atoms with Crippen LogP contribution in [-0.4, -0.2) is 80.5 Å². The van der Waals surface area contributed by atoms with Crippen LogP contribution in [0.4, 0.5) is 4.39 Å². The van der Waals surface area contributed by atoms with Crippen molar-refractivity contribution in [1.82, 2.24) is 9.88 Å². The number of hydrogen-bond acceptors (Lipinski definition) is 6. The number of fused-ring (bicyclic) bond motifs is 2. The van der Waals surface area contributed by atoms with E-state index in [1.54, 1.807) is 6.20 Å². The van der Waals surface area contributed by atoms with E-state index >= 15 is 4.39 Å². The Labute approximate surface area is 226 Å². The van der Waals surface area contributed by atoms with Gasteiger partial charge in [-0.15, -0.1) is 0 Å². The molecular weight excluding hydrogens is 507 g/mol. The summed E-state index contributed by atoms with van der Waals surface area (Å²) in [4.78, 5) is 6.01. The maximum absolute atomic E-state index is 17.0. The molecule has 202 valence electrons. The van der Waals surface area contributed by atoms with Crippen LogP contribution in [0.2, 0.25) is 5.15 Å². The largest absolute Gasteiger partial charge is 0.389 e. The van der Waals surface area contributed by atoms with Crippen LogP contribution in [0.5, 0.6) is 0 Å². The third kappa shape index (κ3) is 2.83. The lowest BCUT2D eigenvalue weighted by Gasteiger charge is -2.62. The van der Waals surface area contributed by atoms with Gasteiger partial charge in [0.25, 0.3) is 0 Å². The monoisotopic (exact) mass is 540 g/mol. The zero-order valence-electron chi connectivity index (χ0n) is 21.9. The number of aromatic nitrogens is 1. The molecule has 1 aromatic carbocycles. The molecule has 7 rings (SSSR count). The van der Waals surface area contributed by atoms with E-state index in [1.807, 2.05) is 37.2 Å². The molecule has 1 aromatic heterocycles. The predicted octanol–water partition coefficient (Wildman–Crippen LogP) is 4.05. The molecule has 3 N–H and O–H groups in total. The smallest absolute Gasteiger partial charge is 0.197 e. The molecule has 5 aliphatic rings. The Hall–Kier alpha value is -1.87. The molecule has 9 atom stereocenters. The van der Waals surface area contributed by atoms with Gasteiger partial charge in [-0.3, -0.25) is 0 Å². The van der Waals surface area contributed by atoms with Crippen molar-refractivity contribution in [3.05, 3.63) is 58.9 Å². The fourth-order valence-electron chi connectivity index (χ4n) is 8.84.